The van der Waals surface area contributed by atoms with E-state index in [9.17, 15) is 18.4 Å². The number of anilines is 1. The van der Waals surface area contributed by atoms with E-state index < -0.39 is 5.92 Å². The van der Waals surface area contributed by atoms with E-state index >= 15 is 0 Å². The van der Waals surface area contributed by atoms with Gasteiger partial charge in [0.1, 0.15) is 5.78 Å². The second-order valence-electron chi connectivity index (χ2n) is 7.87. The zero-order chi connectivity index (χ0) is 24.0. The molecule has 172 valence electrons. The molecule has 3 aromatic rings. The highest BCUT2D eigenvalue weighted by molar-refractivity contribution is 6.31. The molecule has 0 heterocycles. The van der Waals surface area contributed by atoms with Gasteiger partial charge in [-0.25, -0.2) is 8.78 Å². The number of nitrogens with zero attached hydrogens (tertiary/aromatic N) is 1. The summed E-state index contributed by atoms with van der Waals surface area (Å²) in [5.74, 6) is -3.04. The molecule has 6 heteroatoms. The Bertz CT molecular complexity index is 1110. The monoisotopic (exact) mass is 469 g/mol. The standard InChI is InChI=1S/C27H26ClF2NO2/c1-3-27(29,30)22-14-10-20(11-15-22)17-25(32)16-19-8-12-21(13-9-19)26(33)31(4-2)24-7-5-6-23(28)18-24/h5-15,18H,3-4,16-17H2,1-2H3. The van der Waals surface area contributed by atoms with E-state index in [1.165, 1.54) is 19.1 Å². The maximum absolute atomic E-state index is 13.7. The Hall–Kier alpha value is -3.05. The van der Waals surface area contributed by atoms with Crippen molar-refractivity contribution in [3.63, 3.8) is 0 Å². The Balaban J connectivity index is 1.63. The van der Waals surface area contributed by atoms with Gasteiger partial charge in [-0.2, -0.15) is 0 Å². The number of alkyl halides is 2. The number of ketones is 1. The molecule has 0 aliphatic heterocycles. The zero-order valence-corrected chi connectivity index (χ0v) is 19.4. The Morgan fingerprint density at radius 2 is 1.45 bits per heavy atom. The van der Waals surface area contributed by atoms with Crippen molar-refractivity contribution >= 4 is 29.0 Å². The van der Waals surface area contributed by atoms with E-state index in [4.69, 9.17) is 11.6 Å². The molecule has 0 spiro atoms. The predicted molar refractivity (Wildman–Crippen MR) is 128 cm³/mol. The van der Waals surface area contributed by atoms with Crippen LogP contribution in [0.25, 0.3) is 0 Å². The van der Waals surface area contributed by atoms with E-state index in [0.29, 0.717) is 22.7 Å². The van der Waals surface area contributed by atoms with Crippen molar-refractivity contribution in [2.45, 2.75) is 39.0 Å². The lowest BCUT2D eigenvalue weighted by molar-refractivity contribution is -0.117. The van der Waals surface area contributed by atoms with E-state index in [0.717, 1.165) is 11.3 Å². The van der Waals surface area contributed by atoms with Gasteiger partial charge in [0.25, 0.3) is 11.8 Å². The summed E-state index contributed by atoms with van der Waals surface area (Å²) in [7, 11) is 0. The molecule has 0 aliphatic carbocycles. The fourth-order valence-corrected chi connectivity index (χ4v) is 3.78. The summed E-state index contributed by atoms with van der Waals surface area (Å²) >= 11 is 6.05. The molecule has 0 atom stereocenters. The summed E-state index contributed by atoms with van der Waals surface area (Å²) in [6, 6.07) is 20.0. The fraction of sp³-hybridized carbons (Fsp3) is 0.259. The summed E-state index contributed by atoms with van der Waals surface area (Å²) < 4.78 is 27.5. The van der Waals surface area contributed by atoms with E-state index in [1.807, 2.05) is 13.0 Å². The summed E-state index contributed by atoms with van der Waals surface area (Å²) in [5.41, 5.74) is 2.68. The van der Waals surface area contributed by atoms with Gasteiger partial charge in [-0.15, -0.1) is 0 Å². The third-order valence-electron chi connectivity index (χ3n) is 5.51. The first kappa shape index (κ1) is 24.6. The van der Waals surface area contributed by atoms with Gasteiger partial charge < -0.3 is 4.90 Å². The van der Waals surface area contributed by atoms with Gasteiger partial charge in [0, 0.05) is 47.6 Å². The number of hydrogen-bond donors (Lipinski definition) is 0. The summed E-state index contributed by atoms with van der Waals surface area (Å²) in [6.07, 6.45) is 0.100. The van der Waals surface area contributed by atoms with Crippen LogP contribution < -0.4 is 4.90 Å². The van der Waals surface area contributed by atoms with Gasteiger partial charge in [0.05, 0.1) is 0 Å². The quantitative estimate of drug-likeness (QED) is 0.343. The van der Waals surface area contributed by atoms with E-state index in [2.05, 4.69) is 0 Å². The first-order chi connectivity index (χ1) is 15.7. The fourth-order valence-electron chi connectivity index (χ4n) is 3.60. The molecular weight excluding hydrogens is 444 g/mol. The van der Waals surface area contributed by atoms with Gasteiger partial charge in [0.2, 0.25) is 0 Å². The van der Waals surface area contributed by atoms with Crippen LogP contribution in [0.5, 0.6) is 0 Å². The van der Waals surface area contributed by atoms with Gasteiger partial charge >= 0.3 is 0 Å². The first-order valence-corrected chi connectivity index (χ1v) is 11.3. The number of carbonyl (C=O) groups excluding carboxylic acids is 2. The van der Waals surface area contributed by atoms with Crippen LogP contribution in [0.3, 0.4) is 0 Å². The Labute approximate surface area is 198 Å². The van der Waals surface area contributed by atoms with E-state index in [1.54, 1.807) is 59.5 Å². The number of rotatable bonds is 9. The van der Waals surface area contributed by atoms with Gasteiger partial charge in [-0.1, -0.05) is 61.0 Å². The topological polar surface area (TPSA) is 37.4 Å². The number of benzene rings is 3. The minimum Gasteiger partial charge on any atom is -0.309 e. The number of hydrogen-bond acceptors (Lipinski definition) is 2. The second kappa shape index (κ2) is 10.7. The van der Waals surface area contributed by atoms with Gasteiger partial charge in [-0.3, -0.25) is 9.59 Å². The summed E-state index contributed by atoms with van der Waals surface area (Å²) in [6.45, 7) is 3.82. The number of halogens is 3. The molecule has 0 radical (unpaired) electrons. The van der Waals surface area contributed by atoms with Crippen LogP contribution in [0.4, 0.5) is 14.5 Å². The van der Waals surface area contributed by atoms with Crippen molar-refractivity contribution in [2.75, 3.05) is 11.4 Å². The maximum Gasteiger partial charge on any atom is 0.273 e. The van der Waals surface area contributed by atoms with Crippen LogP contribution >= 0.6 is 11.6 Å². The highest BCUT2D eigenvalue weighted by atomic mass is 35.5. The highest BCUT2D eigenvalue weighted by Crippen LogP contribution is 2.31. The van der Waals surface area contributed by atoms with Crippen molar-refractivity contribution in [2.24, 2.45) is 0 Å². The van der Waals surface area contributed by atoms with Crippen molar-refractivity contribution in [3.8, 4) is 0 Å². The van der Waals surface area contributed by atoms with Crippen LogP contribution in [0.2, 0.25) is 5.02 Å². The molecule has 33 heavy (non-hydrogen) atoms. The minimum absolute atomic E-state index is 0.0295. The molecule has 1 amide bonds. The van der Waals surface area contributed by atoms with Gasteiger partial charge in [-0.05, 0) is 48.4 Å². The molecule has 0 N–H and O–H groups in total. The molecule has 0 aliphatic rings. The largest absolute Gasteiger partial charge is 0.309 e. The van der Waals surface area contributed by atoms with Crippen molar-refractivity contribution in [1.82, 2.24) is 0 Å². The van der Waals surface area contributed by atoms with Crippen LogP contribution in [0.1, 0.15) is 47.3 Å². The molecule has 0 saturated heterocycles. The first-order valence-electron chi connectivity index (χ1n) is 10.9. The molecule has 0 unspecified atom stereocenters. The molecular formula is C27H26ClF2NO2. The lowest BCUT2D eigenvalue weighted by atomic mass is 9.99. The maximum atomic E-state index is 13.7. The lowest BCUT2D eigenvalue weighted by Gasteiger charge is -2.21. The SMILES string of the molecule is CCN(C(=O)c1ccc(CC(=O)Cc2ccc(C(F)(F)CC)cc2)cc1)c1cccc(Cl)c1. The van der Waals surface area contributed by atoms with Crippen LogP contribution in [0.15, 0.2) is 72.8 Å². The number of Topliss-reactive ketones (excluding diaryl/α,β-unsaturated/α-hetero) is 1. The van der Waals surface area contributed by atoms with E-state index in [-0.39, 0.29) is 36.5 Å². The van der Waals surface area contributed by atoms with Crippen LogP contribution in [-0.2, 0) is 23.6 Å². The molecule has 3 rings (SSSR count). The molecule has 0 saturated carbocycles. The summed E-state index contributed by atoms with van der Waals surface area (Å²) in [4.78, 5) is 27.1. The molecule has 0 bridgehead atoms. The lowest BCUT2D eigenvalue weighted by Crippen LogP contribution is -2.30. The van der Waals surface area contributed by atoms with Crippen molar-refractivity contribution < 1.29 is 18.4 Å². The predicted octanol–water partition coefficient (Wildman–Crippen LogP) is 6.86. The average Bonchev–Trinajstić information content (AvgIpc) is 2.80. The molecule has 0 aromatic heterocycles. The van der Waals surface area contributed by atoms with Gasteiger partial charge in [0.15, 0.2) is 0 Å². The third kappa shape index (κ3) is 6.26. The second-order valence-corrected chi connectivity index (χ2v) is 8.31. The minimum atomic E-state index is -2.86. The normalized spacial score (nSPS) is 11.3. The summed E-state index contributed by atoms with van der Waals surface area (Å²) in [5, 5.41) is 0.557. The van der Waals surface area contributed by atoms with Crippen molar-refractivity contribution in [1.29, 1.82) is 0 Å². The highest BCUT2D eigenvalue weighted by Gasteiger charge is 2.28. The average molecular weight is 470 g/mol. The molecule has 3 aromatic carbocycles. The Kier molecular flexibility index (Phi) is 7.98. The third-order valence-corrected chi connectivity index (χ3v) is 5.74. The molecule has 3 nitrogen and oxygen atoms in total. The Morgan fingerprint density at radius 1 is 0.879 bits per heavy atom. The molecule has 0 fully saturated rings. The smallest absolute Gasteiger partial charge is 0.273 e. The zero-order valence-electron chi connectivity index (χ0n) is 18.7. The Morgan fingerprint density at radius 3 is 1.97 bits per heavy atom. The number of carbonyl (C=O) groups is 2. The van der Waals surface area contributed by atoms with Crippen LogP contribution in [-0.4, -0.2) is 18.2 Å². The number of amides is 1. The van der Waals surface area contributed by atoms with Crippen molar-refractivity contribution in [3.05, 3.63) is 100 Å². The van der Waals surface area contributed by atoms with Crippen LogP contribution in [0, 0.1) is 0 Å².